The molecule has 0 radical (unpaired) electrons. The summed E-state index contributed by atoms with van der Waals surface area (Å²) >= 11 is 0. The van der Waals surface area contributed by atoms with Gasteiger partial charge in [-0.15, -0.1) is 0 Å². The van der Waals surface area contributed by atoms with E-state index in [1.807, 2.05) is 18.2 Å². The molecule has 1 rings (SSSR count). The molecule has 3 N–H and O–H groups in total. The molecule has 0 fully saturated rings. The van der Waals surface area contributed by atoms with Crippen LogP contribution in [0.2, 0.25) is 0 Å². The molecule has 6 heteroatoms. The number of hydrogen-bond donors (Lipinski definition) is 3. The van der Waals surface area contributed by atoms with Crippen molar-refractivity contribution in [3.8, 4) is 0 Å². The van der Waals surface area contributed by atoms with Crippen molar-refractivity contribution >= 4 is 17.8 Å². The van der Waals surface area contributed by atoms with Gasteiger partial charge in [0.25, 0.3) is 0 Å². The Morgan fingerprint density at radius 2 is 1.85 bits per heavy atom. The maximum absolute atomic E-state index is 11.6. The fourth-order valence-electron chi connectivity index (χ4n) is 1.46. The van der Waals surface area contributed by atoms with E-state index in [0.717, 1.165) is 5.56 Å². The van der Waals surface area contributed by atoms with Crippen LogP contribution in [0.15, 0.2) is 24.3 Å². The Morgan fingerprint density at radius 1 is 1.20 bits per heavy atom. The van der Waals surface area contributed by atoms with E-state index in [9.17, 15) is 9.59 Å². The van der Waals surface area contributed by atoms with E-state index < -0.39 is 11.7 Å². The number of rotatable bonds is 3. The quantitative estimate of drug-likeness (QED) is 0.795. The first kappa shape index (κ1) is 15.8. The van der Waals surface area contributed by atoms with E-state index in [0.29, 0.717) is 5.69 Å². The number of para-hydroxylation sites is 1. The zero-order chi connectivity index (χ0) is 15.2. The average molecular weight is 279 g/mol. The molecular formula is C14H21N3O3. The predicted octanol–water partition coefficient (Wildman–Crippen LogP) is 2.46. The molecule has 0 saturated carbocycles. The highest BCUT2D eigenvalue weighted by molar-refractivity contribution is 5.89. The van der Waals surface area contributed by atoms with E-state index >= 15 is 0 Å². The fourth-order valence-corrected chi connectivity index (χ4v) is 1.46. The Bertz CT molecular complexity index is 481. The van der Waals surface area contributed by atoms with Crippen LogP contribution in [0.5, 0.6) is 0 Å². The highest BCUT2D eigenvalue weighted by atomic mass is 16.6. The molecule has 1 aromatic rings. The number of carbonyl (C=O) groups is 2. The zero-order valence-electron chi connectivity index (χ0n) is 12.2. The lowest BCUT2D eigenvalue weighted by molar-refractivity contribution is 0.0523. The van der Waals surface area contributed by atoms with Gasteiger partial charge in [-0.1, -0.05) is 18.2 Å². The highest BCUT2D eigenvalue weighted by Crippen LogP contribution is 2.15. The summed E-state index contributed by atoms with van der Waals surface area (Å²) in [5, 5.41) is 7.82. The van der Waals surface area contributed by atoms with Crippen molar-refractivity contribution in [2.45, 2.75) is 32.9 Å². The fraction of sp³-hybridized carbons (Fsp3) is 0.429. The van der Waals surface area contributed by atoms with Gasteiger partial charge in [-0.25, -0.2) is 9.59 Å². The second-order valence-electron chi connectivity index (χ2n) is 5.22. The van der Waals surface area contributed by atoms with Crippen LogP contribution in [0.1, 0.15) is 26.3 Å². The molecule has 1 aromatic carbocycles. The molecule has 0 heterocycles. The number of benzene rings is 1. The number of nitrogens with one attached hydrogen (secondary N) is 3. The van der Waals surface area contributed by atoms with E-state index in [2.05, 4.69) is 16.0 Å². The van der Waals surface area contributed by atoms with Crippen LogP contribution in [0.4, 0.5) is 15.3 Å². The molecule has 0 saturated heterocycles. The molecule has 0 aliphatic carbocycles. The zero-order valence-corrected chi connectivity index (χ0v) is 12.2. The minimum Gasteiger partial charge on any atom is -0.444 e. The van der Waals surface area contributed by atoms with Crippen LogP contribution in [-0.4, -0.2) is 24.8 Å². The first-order valence-corrected chi connectivity index (χ1v) is 6.35. The van der Waals surface area contributed by atoms with E-state index in [4.69, 9.17) is 4.74 Å². The summed E-state index contributed by atoms with van der Waals surface area (Å²) in [5.41, 5.74) is 0.897. The number of alkyl carbamates (subject to hydrolysis) is 1. The van der Waals surface area contributed by atoms with Gasteiger partial charge >= 0.3 is 12.1 Å². The van der Waals surface area contributed by atoms with Gasteiger partial charge in [0.2, 0.25) is 0 Å². The van der Waals surface area contributed by atoms with Crippen molar-refractivity contribution in [2.75, 3.05) is 12.4 Å². The van der Waals surface area contributed by atoms with E-state index in [1.54, 1.807) is 26.8 Å². The van der Waals surface area contributed by atoms with Crippen LogP contribution in [0.25, 0.3) is 0 Å². The normalized spacial score (nSPS) is 10.6. The number of carbonyl (C=O) groups excluding carboxylic acids is 2. The van der Waals surface area contributed by atoms with Gasteiger partial charge in [-0.2, -0.15) is 0 Å². The number of amides is 3. The summed E-state index contributed by atoms with van der Waals surface area (Å²) in [6, 6.07) is 6.92. The Morgan fingerprint density at radius 3 is 2.45 bits per heavy atom. The third-order valence-electron chi connectivity index (χ3n) is 2.31. The van der Waals surface area contributed by atoms with Crippen LogP contribution < -0.4 is 16.0 Å². The summed E-state index contributed by atoms with van der Waals surface area (Å²) < 4.78 is 5.15. The smallest absolute Gasteiger partial charge is 0.407 e. The second-order valence-corrected chi connectivity index (χ2v) is 5.22. The number of ether oxygens (including phenoxy) is 1. The monoisotopic (exact) mass is 279 g/mol. The molecular weight excluding hydrogens is 258 g/mol. The number of urea groups is 1. The second kappa shape index (κ2) is 6.79. The Labute approximate surface area is 118 Å². The van der Waals surface area contributed by atoms with Crippen molar-refractivity contribution in [1.82, 2.24) is 10.6 Å². The molecule has 0 bridgehead atoms. The molecule has 0 aliphatic heterocycles. The van der Waals surface area contributed by atoms with Gasteiger partial charge < -0.3 is 20.7 Å². The summed E-state index contributed by atoms with van der Waals surface area (Å²) in [6.07, 6.45) is -0.493. The highest BCUT2D eigenvalue weighted by Gasteiger charge is 2.16. The van der Waals surface area contributed by atoms with Crippen molar-refractivity contribution in [3.63, 3.8) is 0 Å². The Balaban J connectivity index is 2.64. The SMILES string of the molecule is CNC(=O)Nc1ccccc1CNC(=O)OC(C)(C)C. The lowest BCUT2D eigenvalue weighted by atomic mass is 10.2. The minimum absolute atomic E-state index is 0.273. The first-order valence-electron chi connectivity index (χ1n) is 6.35. The van der Waals surface area contributed by atoms with Gasteiger partial charge in [0.15, 0.2) is 0 Å². The van der Waals surface area contributed by atoms with Gasteiger partial charge in [-0.05, 0) is 32.4 Å². The number of hydrogen-bond acceptors (Lipinski definition) is 3. The van der Waals surface area contributed by atoms with Gasteiger partial charge in [-0.3, -0.25) is 0 Å². The van der Waals surface area contributed by atoms with Crippen molar-refractivity contribution in [1.29, 1.82) is 0 Å². The standard InChI is InChI=1S/C14H21N3O3/c1-14(2,3)20-13(19)16-9-10-7-5-6-8-11(10)17-12(18)15-4/h5-8H,9H2,1-4H3,(H,16,19)(H2,15,17,18). The Hall–Kier alpha value is -2.24. The van der Waals surface area contributed by atoms with Gasteiger partial charge in [0, 0.05) is 19.3 Å². The van der Waals surface area contributed by atoms with E-state index in [1.165, 1.54) is 7.05 Å². The van der Waals surface area contributed by atoms with Crippen molar-refractivity contribution in [2.24, 2.45) is 0 Å². The number of anilines is 1. The molecule has 3 amide bonds. The average Bonchev–Trinajstić information content (AvgIpc) is 2.35. The van der Waals surface area contributed by atoms with Gasteiger partial charge in [0.1, 0.15) is 5.60 Å². The third-order valence-corrected chi connectivity index (χ3v) is 2.31. The Kier molecular flexibility index (Phi) is 5.37. The lowest BCUT2D eigenvalue weighted by Crippen LogP contribution is -2.32. The molecule has 110 valence electrons. The van der Waals surface area contributed by atoms with Crippen LogP contribution in [0, 0.1) is 0 Å². The minimum atomic E-state index is -0.538. The third kappa shape index (κ3) is 5.60. The topological polar surface area (TPSA) is 79.5 Å². The lowest BCUT2D eigenvalue weighted by Gasteiger charge is -2.20. The molecule has 0 aromatic heterocycles. The van der Waals surface area contributed by atoms with Crippen LogP contribution in [-0.2, 0) is 11.3 Å². The van der Waals surface area contributed by atoms with Crippen molar-refractivity contribution < 1.29 is 14.3 Å². The molecule has 0 unspecified atom stereocenters. The van der Waals surface area contributed by atoms with E-state index in [-0.39, 0.29) is 12.6 Å². The molecule has 6 nitrogen and oxygen atoms in total. The predicted molar refractivity (Wildman–Crippen MR) is 77.6 cm³/mol. The maximum Gasteiger partial charge on any atom is 0.407 e. The largest absolute Gasteiger partial charge is 0.444 e. The molecule has 0 spiro atoms. The summed E-state index contributed by atoms with van der Waals surface area (Å²) in [5.74, 6) is 0. The summed E-state index contributed by atoms with van der Waals surface area (Å²) in [7, 11) is 1.54. The van der Waals surface area contributed by atoms with Crippen LogP contribution >= 0.6 is 0 Å². The molecule has 0 atom stereocenters. The van der Waals surface area contributed by atoms with Crippen molar-refractivity contribution in [3.05, 3.63) is 29.8 Å². The van der Waals surface area contributed by atoms with Crippen LogP contribution in [0.3, 0.4) is 0 Å². The first-order chi connectivity index (χ1) is 9.31. The summed E-state index contributed by atoms with van der Waals surface area (Å²) in [4.78, 5) is 22.9. The summed E-state index contributed by atoms with van der Waals surface area (Å²) in [6.45, 7) is 5.67. The molecule has 0 aliphatic rings. The van der Waals surface area contributed by atoms with Gasteiger partial charge in [0.05, 0.1) is 0 Å². The maximum atomic E-state index is 11.6. The molecule has 20 heavy (non-hydrogen) atoms.